The molecule has 0 amide bonds. The van der Waals surface area contributed by atoms with Crippen molar-refractivity contribution in [1.82, 2.24) is 10.4 Å². The number of hydrogen-bond donors (Lipinski definition) is 2. The lowest BCUT2D eigenvalue weighted by Crippen LogP contribution is -2.37. The molecule has 3 N–H and O–H groups in total. The summed E-state index contributed by atoms with van der Waals surface area (Å²) in [5.74, 6) is 0. The number of nitrogens with one attached hydrogen (secondary N) is 1. The number of rotatable bonds is 4. The molecule has 14 heavy (non-hydrogen) atoms. The Morgan fingerprint density at radius 1 is 1.36 bits per heavy atom. The van der Waals surface area contributed by atoms with Crippen molar-refractivity contribution in [2.24, 2.45) is 5.73 Å². The van der Waals surface area contributed by atoms with Crippen LogP contribution >= 0.6 is 11.6 Å². The van der Waals surface area contributed by atoms with Gasteiger partial charge in [-0.05, 0) is 17.7 Å². The number of hydrogen-bond acceptors (Lipinski definition) is 3. The van der Waals surface area contributed by atoms with E-state index in [1.165, 1.54) is 0 Å². The number of benzene rings is 1. The second kappa shape index (κ2) is 5.32. The number of halogens is 1. The smallest absolute Gasteiger partial charge is 0.0586 e. The van der Waals surface area contributed by atoms with Crippen molar-refractivity contribution in [1.29, 1.82) is 0 Å². The number of nitrogens with zero attached hydrogens (tertiary/aromatic N) is 1. The summed E-state index contributed by atoms with van der Waals surface area (Å²) in [4.78, 5) is 0. The van der Waals surface area contributed by atoms with Gasteiger partial charge in [0.1, 0.15) is 0 Å². The molecule has 3 nitrogen and oxygen atoms in total. The Bertz CT molecular complexity index is 271. The van der Waals surface area contributed by atoms with Crippen molar-refractivity contribution in [3.05, 3.63) is 34.9 Å². The van der Waals surface area contributed by atoms with Gasteiger partial charge in [0.05, 0.1) is 6.04 Å². The largest absolute Gasteiger partial charge is 0.329 e. The number of nitrogens with two attached hydrogens (primary N) is 1. The fraction of sp³-hybridized carbons (Fsp3) is 0.400. The van der Waals surface area contributed by atoms with E-state index in [2.05, 4.69) is 5.43 Å². The molecule has 0 aliphatic carbocycles. The fourth-order valence-electron chi connectivity index (χ4n) is 1.27. The molecule has 78 valence electrons. The van der Waals surface area contributed by atoms with E-state index in [1.54, 1.807) is 0 Å². The maximum absolute atomic E-state index is 5.80. The molecule has 0 fully saturated rings. The van der Waals surface area contributed by atoms with Crippen LogP contribution in [0.15, 0.2) is 24.3 Å². The quantitative estimate of drug-likeness (QED) is 0.744. The van der Waals surface area contributed by atoms with E-state index in [9.17, 15) is 0 Å². The molecule has 0 saturated carbocycles. The molecule has 4 heteroatoms. The monoisotopic (exact) mass is 213 g/mol. The highest BCUT2D eigenvalue weighted by Crippen LogP contribution is 2.15. The van der Waals surface area contributed by atoms with Gasteiger partial charge < -0.3 is 5.73 Å². The molecule has 0 spiro atoms. The first kappa shape index (κ1) is 11.5. The molecule has 1 atom stereocenters. The van der Waals surface area contributed by atoms with Crippen LogP contribution in [0.2, 0.25) is 5.02 Å². The summed E-state index contributed by atoms with van der Waals surface area (Å²) in [6.45, 7) is 0.555. The lowest BCUT2D eigenvalue weighted by Gasteiger charge is -2.21. The lowest BCUT2D eigenvalue weighted by molar-refractivity contribution is 0.245. The first-order valence-electron chi connectivity index (χ1n) is 4.52. The van der Waals surface area contributed by atoms with Crippen LogP contribution in [-0.4, -0.2) is 25.6 Å². The van der Waals surface area contributed by atoms with E-state index >= 15 is 0 Å². The normalized spacial score (nSPS) is 13.2. The fourth-order valence-corrected chi connectivity index (χ4v) is 1.40. The first-order chi connectivity index (χ1) is 6.63. The van der Waals surface area contributed by atoms with Gasteiger partial charge in [0.2, 0.25) is 0 Å². The molecule has 1 aromatic rings. The third-order valence-electron chi connectivity index (χ3n) is 1.92. The van der Waals surface area contributed by atoms with Crippen LogP contribution in [0.1, 0.15) is 11.6 Å². The highest BCUT2D eigenvalue weighted by Gasteiger charge is 2.08. The predicted octanol–water partition coefficient (Wildman–Crippen LogP) is 1.41. The van der Waals surface area contributed by atoms with Gasteiger partial charge in [-0.15, -0.1) is 0 Å². The van der Waals surface area contributed by atoms with E-state index < -0.39 is 0 Å². The average Bonchev–Trinajstić information content (AvgIpc) is 2.15. The van der Waals surface area contributed by atoms with E-state index in [4.69, 9.17) is 17.3 Å². The molecule has 0 aliphatic rings. The Morgan fingerprint density at radius 2 is 1.93 bits per heavy atom. The SMILES string of the molecule is CN(C)NC(CN)c1ccc(Cl)cc1. The van der Waals surface area contributed by atoms with Crippen LogP contribution in [-0.2, 0) is 0 Å². The zero-order valence-corrected chi connectivity index (χ0v) is 9.25. The Hall–Kier alpha value is -0.610. The molecule has 0 aromatic heterocycles. The van der Waals surface area contributed by atoms with Crippen LogP contribution in [0.4, 0.5) is 0 Å². The summed E-state index contributed by atoms with van der Waals surface area (Å²) in [6, 6.07) is 7.85. The molecule has 0 radical (unpaired) electrons. The van der Waals surface area contributed by atoms with Crippen LogP contribution in [0.3, 0.4) is 0 Å². The molecule has 0 bridgehead atoms. The Morgan fingerprint density at radius 3 is 2.36 bits per heavy atom. The standard InChI is InChI=1S/C10H16ClN3/c1-14(2)13-10(7-12)8-3-5-9(11)6-4-8/h3-6,10,13H,7,12H2,1-2H3. The zero-order valence-electron chi connectivity index (χ0n) is 8.50. The van der Waals surface area contributed by atoms with Gasteiger partial charge in [-0.1, -0.05) is 23.7 Å². The van der Waals surface area contributed by atoms with Crippen molar-refractivity contribution >= 4 is 11.6 Å². The molecule has 0 aliphatic heterocycles. The van der Waals surface area contributed by atoms with Crippen LogP contribution in [0.25, 0.3) is 0 Å². The molecule has 0 saturated heterocycles. The van der Waals surface area contributed by atoms with Crippen molar-refractivity contribution in [3.63, 3.8) is 0 Å². The second-order valence-electron chi connectivity index (χ2n) is 3.36. The van der Waals surface area contributed by atoms with Crippen molar-refractivity contribution in [2.75, 3.05) is 20.6 Å². The third-order valence-corrected chi connectivity index (χ3v) is 2.17. The molecule has 0 heterocycles. The zero-order chi connectivity index (χ0) is 10.6. The van der Waals surface area contributed by atoms with E-state index in [1.807, 2.05) is 43.4 Å². The van der Waals surface area contributed by atoms with Crippen molar-refractivity contribution in [2.45, 2.75) is 6.04 Å². The topological polar surface area (TPSA) is 41.3 Å². The van der Waals surface area contributed by atoms with E-state index in [0.717, 1.165) is 10.6 Å². The Balaban J connectivity index is 2.73. The van der Waals surface area contributed by atoms with Gasteiger partial charge in [-0.3, -0.25) is 0 Å². The molecule has 1 rings (SSSR count). The highest BCUT2D eigenvalue weighted by molar-refractivity contribution is 6.30. The summed E-state index contributed by atoms with van der Waals surface area (Å²) < 4.78 is 0. The van der Waals surface area contributed by atoms with Gasteiger partial charge >= 0.3 is 0 Å². The predicted molar refractivity (Wildman–Crippen MR) is 60.1 cm³/mol. The summed E-state index contributed by atoms with van der Waals surface area (Å²) in [7, 11) is 3.89. The van der Waals surface area contributed by atoms with E-state index in [0.29, 0.717) is 6.54 Å². The van der Waals surface area contributed by atoms with Gasteiger partial charge in [0.25, 0.3) is 0 Å². The molecule has 1 unspecified atom stereocenters. The molecular formula is C10H16ClN3. The van der Waals surface area contributed by atoms with Crippen LogP contribution in [0, 0.1) is 0 Å². The minimum atomic E-state index is 0.141. The maximum Gasteiger partial charge on any atom is 0.0586 e. The van der Waals surface area contributed by atoms with Gasteiger partial charge in [0, 0.05) is 25.7 Å². The highest BCUT2D eigenvalue weighted by atomic mass is 35.5. The average molecular weight is 214 g/mol. The van der Waals surface area contributed by atoms with Gasteiger partial charge in [0.15, 0.2) is 0 Å². The summed E-state index contributed by atoms with van der Waals surface area (Å²) in [5.41, 5.74) is 10.0. The second-order valence-corrected chi connectivity index (χ2v) is 3.80. The van der Waals surface area contributed by atoms with Crippen LogP contribution in [0.5, 0.6) is 0 Å². The van der Waals surface area contributed by atoms with E-state index in [-0.39, 0.29) is 6.04 Å². The Labute approximate surface area is 89.8 Å². The van der Waals surface area contributed by atoms with Gasteiger partial charge in [-0.25, -0.2) is 10.4 Å². The Kier molecular flexibility index (Phi) is 4.35. The summed E-state index contributed by atoms with van der Waals surface area (Å²) in [5, 5.41) is 2.64. The van der Waals surface area contributed by atoms with Crippen molar-refractivity contribution in [3.8, 4) is 0 Å². The molecular weight excluding hydrogens is 198 g/mol. The maximum atomic E-state index is 5.80. The minimum absolute atomic E-state index is 0.141. The van der Waals surface area contributed by atoms with Crippen LogP contribution < -0.4 is 11.2 Å². The third kappa shape index (κ3) is 3.27. The number of hydrazine groups is 1. The lowest BCUT2D eigenvalue weighted by atomic mass is 10.1. The minimum Gasteiger partial charge on any atom is -0.329 e. The van der Waals surface area contributed by atoms with Crippen molar-refractivity contribution < 1.29 is 0 Å². The van der Waals surface area contributed by atoms with Gasteiger partial charge in [-0.2, -0.15) is 0 Å². The summed E-state index contributed by atoms with van der Waals surface area (Å²) in [6.07, 6.45) is 0. The molecule has 1 aromatic carbocycles. The first-order valence-corrected chi connectivity index (χ1v) is 4.90. The summed E-state index contributed by atoms with van der Waals surface area (Å²) >= 11 is 5.80.